The van der Waals surface area contributed by atoms with Gasteiger partial charge in [-0.25, -0.2) is 9.37 Å². The van der Waals surface area contributed by atoms with Gasteiger partial charge < -0.3 is 20.3 Å². The summed E-state index contributed by atoms with van der Waals surface area (Å²) in [5, 5.41) is 0. The van der Waals surface area contributed by atoms with Gasteiger partial charge in [-0.3, -0.25) is 4.79 Å². The van der Waals surface area contributed by atoms with Gasteiger partial charge in [0.15, 0.2) is 0 Å². The molecule has 0 atom stereocenters. The summed E-state index contributed by atoms with van der Waals surface area (Å²) in [5.41, 5.74) is 4.05. The first kappa shape index (κ1) is 27.1. The fourth-order valence-corrected chi connectivity index (χ4v) is 4.91. The van der Waals surface area contributed by atoms with Crippen LogP contribution in [0.15, 0.2) is 56.9 Å². The standard InChI is InChI=1S/C24H22BrF4N5O2S/c1-33-6-8-34(9-7-33)23-31-12-20(22(32-23)36-13-14-2-5-19(26)18(25)10-14)37-15-3-4-16(21(30)35)17(11-15)24(27,28)29/h2-5,10-12H,6-9,13H2,1H3,(H2,30,35). The van der Waals surface area contributed by atoms with E-state index in [1.165, 1.54) is 18.3 Å². The molecule has 2 heterocycles. The molecule has 2 aromatic carbocycles. The van der Waals surface area contributed by atoms with Gasteiger partial charge in [-0.1, -0.05) is 17.8 Å². The van der Waals surface area contributed by atoms with Gasteiger partial charge in [-0.15, -0.1) is 0 Å². The number of piperazine rings is 1. The van der Waals surface area contributed by atoms with Gasteiger partial charge in [0.1, 0.15) is 12.4 Å². The molecule has 0 spiro atoms. The summed E-state index contributed by atoms with van der Waals surface area (Å²) < 4.78 is 60.5. The van der Waals surface area contributed by atoms with Crippen LogP contribution in [-0.4, -0.2) is 54.0 Å². The van der Waals surface area contributed by atoms with Crippen molar-refractivity contribution in [1.29, 1.82) is 0 Å². The topological polar surface area (TPSA) is 84.6 Å². The summed E-state index contributed by atoms with van der Waals surface area (Å²) >= 11 is 4.11. The molecule has 2 N–H and O–H groups in total. The van der Waals surface area contributed by atoms with Gasteiger partial charge in [-0.2, -0.15) is 18.2 Å². The number of nitrogens with zero attached hydrogens (tertiary/aromatic N) is 4. The highest BCUT2D eigenvalue weighted by Gasteiger charge is 2.35. The van der Waals surface area contributed by atoms with E-state index in [0.717, 1.165) is 37.0 Å². The number of halogens is 5. The van der Waals surface area contributed by atoms with Crippen molar-refractivity contribution >= 4 is 39.5 Å². The number of likely N-dealkylation sites (N-methyl/N-ethyl adjacent to an activating group) is 1. The average molecular weight is 600 g/mol. The zero-order valence-electron chi connectivity index (χ0n) is 19.6. The number of hydrogen-bond acceptors (Lipinski definition) is 7. The van der Waals surface area contributed by atoms with Gasteiger partial charge in [0.05, 0.1) is 26.7 Å². The molecule has 3 aromatic rings. The Morgan fingerprint density at radius 1 is 1.16 bits per heavy atom. The number of aromatic nitrogens is 2. The van der Waals surface area contributed by atoms with Crippen LogP contribution in [0.1, 0.15) is 21.5 Å². The molecular formula is C24H22BrF4N5O2S. The lowest BCUT2D eigenvalue weighted by atomic mass is 10.1. The maximum atomic E-state index is 13.6. The molecule has 1 aliphatic heterocycles. The Hall–Kier alpha value is -2.90. The minimum absolute atomic E-state index is 0.0417. The molecule has 1 fully saturated rings. The number of nitrogens with two attached hydrogens (primary N) is 1. The normalized spacial score (nSPS) is 14.6. The molecule has 4 rings (SSSR count). The summed E-state index contributed by atoms with van der Waals surface area (Å²) in [5.74, 6) is -0.979. The molecule has 0 unspecified atom stereocenters. The van der Waals surface area contributed by atoms with E-state index in [4.69, 9.17) is 10.5 Å². The Labute approximate surface area is 223 Å². The number of hydrogen-bond donors (Lipinski definition) is 1. The zero-order chi connectivity index (χ0) is 26.7. The van der Waals surface area contributed by atoms with E-state index in [2.05, 4.69) is 30.8 Å². The van der Waals surface area contributed by atoms with Crippen molar-refractivity contribution in [2.45, 2.75) is 22.6 Å². The lowest BCUT2D eigenvalue weighted by molar-refractivity contribution is -0.138. The van der Waals surface area contributed by atoms with E-state index in [-0.39, 0.29) is 21.9 Å². The monoisotopic (exact) mass is 599 g/mol. The Morgan fingerprint density at radius 3 is 2.54 bits per heavy atom. The number of anilines is 1. The number of carbonyl (C=O) groups is 1. The van der Waals surface area contributed by atoms with Crippen LogP contribution in [-0.2, 0) is 12.8 Å². The second-order valence-corrected chi connectivity index (χ2v) is 10.3. The molecule has 0 saturated carbocycles. The molecular weight excluding hydrogens is 578 g/mol. The average Bonchev–Trinajstić information content (AvgIpc) is 2.85. The first-order chi connectivity index (χ1) is 17.5. The molecule has 13 heteroatoms. The minimum atomic E-state index is -4.77. The van der Waals surface area contributed by atoms with Crippen LogP contribution in [0.2, 0.25) is 0 Å². The van der Waals surface area contributed by atoms with Gasteiger partial charge >= 0.3 is 6.18 Å². The number of rotatable bonds is 7. The van der Waals surface area contributed by atoms with Crippen LogP contribution in [0, 0.1) is 5.82 Å². The number of primary amides is 1. The highest BCUT2D eigenvalue weighted by atomic mass is 79.9. The Bertz CT molecular complexity index is 1300. The lowest BCUT2D eigenvalue weighted by Gasteiger charge is -2.32. The van der Waals surface area contributed by atoms with Gasteiger partial charge in [0, 0.05) is 31.1 Å². The predicted molar refractivity (Wildman–Crippen MR) is 134 cm³/mol. The van der Waals surface area contributed by atoms with Crippen molar-refractivity contribution < 1.29 is 27.1 Å². The Balaban J connectivity index is 1.65. The van der Waals surface area contributed by atoms with E-state index < -0.39 is 29.0 Å². The fourth-order valence-electron chi connectivity index (χ4n) is 3.62. The van der Waals surface area contributed by atoms with Crippen LogP contribution < -0.4 is 15.4 Å². The fraction of sp³-hybridized carbons (Fsp3) is 0.292. The van der Waals surface area contributed by atoms with E-state index in [1.54, 1.807) is 12.1 Å². The van der Waals surface area contributed by atoms with Crippen molar-refractivity contribution in [3.63, 3.8) is 0 Å². The van der Waals surface area contributed by atoms with Crippen molar-refractivity contribution in [1.82, 2.24) is 14.9 Å². The quantitative estimate of drug-likeness (QED) is 0.383. The van der Waals surface area contributed by atoms with Crippen molar-refractivity contribution in [3.8, 4) is 5.88 Å². The molecule has 1 aliphatic rings. The second kappa shape index (κ2) is 11.2. The van der Waals surface area contributed by atoms with Crippen LogP contribution in [0.3, 0.4) is 0 Å². The maximum absolute atomic E-state index is 13.6. The highest BCUT2D eigenvalue weighted by molar-refractivity contribution is 9.10. The summed E-state index contributed by atoms with van der Waals surface area (Å²) in [6, 6.07) is 7.71. The van der Waals surface area contributed by atoms with E-state index in [9.17, 15) is 22.4 Å². The molecule has 1 aromatic heterocycles. The van der Waals surface area contributed by atoms with Gasteiger partial charge in [0.25, 0.3) is 0 Å². The number of carbonyl (C=O) groups excluding carboxylic acids is 1. The first-order valence-corrected chi connectivity index (χ1v) is 12.7. The smallest absolute Gasteiger partial charge is 0.417 e. The Kier molecular flexibility index (Phi) is 8.24. The zero-order valence-corrected chi connectivity index (χ0v) is 22.0. The predicted octanol–water partition coefficient (Wildman–Crippen LogP) is 4.98. The van der Waals surface area contributed by atoms with Crippen LogP contribution >= 0.6 is 27.7 Å². The third-order valence-electron chi connectivity index (χ3n) is 5.64. The number of amides is 1. The number of benzene rings is 2. The van der Waals surface area contributed by atoms with Crippen molar-refractivity contribution in [2.24, 2.45) is 5.73 Å². The SMILES string of the molecule is CN1CCN(c2ncc(Sc3ccc(C(N)=O)c(C(F)(F)F)c3)c(OCc3ccc(F)c(Br)c3)n2)CC1. The molecule has 196 valence electrons. The summed E-state index contributed by atoms with van der Waals surface area (Å²) in [6.07, 6.45) is -3.27. The molecule has 7 nitrogen and oxygen atoms in total. The van der Waals surface area contributed by atoms with Gasteiger partial charge in [-0.05, 0) is 58.9 Å². The van der Waals surface area contributed by atoms with E-state index in [0.29, 0.717) is 29.5 Å². The largest absolute Gasteiger partial charge is 0.472 e. The van der Waals surface area contributed by atoms with Crippen LogP contribution in [0.25, 0.3) is 0 Å². The third-order valence-corrected chi connectivity index (χ3v) is 7.24. The summed E-state index contributed by atoms with van der Waals surface area (Å²) in [6.45, 7) is 3.10. The minimum Gasteiger partial charge on any atom is -0.472 e. The lowest BCUT2D eigenvalue weighted by Crippen LogP contribution is -2.45. The molecule has 37 heavy (non-hydrogen) atoms. The van der Waals surface area contributed by atoms with Crippen molar-refractivity contribution in [2.75, 3.05) is 38.1 Å². The molecule has 0 bridgehead atoms. The van der Waals surface area contributed by atoms with Crippen LogP contribution in [0.4, 0.5) is 23.5 Å². The van der Waals surface area contributed by atoms with Gasteiger partial charge in [0.2, 0.25) is 17.7 Å². The number of alkyl halides is 3. The third kappa shape index (κ3) is 6.70. The van der Waals surface area contributed by atoms with Crippen molar-refractivity contribution in [3.05, 3.63) is 69.6 Å². The number of ether oxygens (including phenoxy) is 1. The first-order valence-electron chi connectivity index (χ1n) is 11.1. The molecule has 0 aliphatic carbocycles. The second-order valence-electron chi connectivity index (χ2n) is 8.34. The summed E-state index contributed by atoms with van der Waals surface area (Å²) in [4.78, 5) is 25.2. The highest BCUT2D eigenvalue weighted by Crippen LogP contribution is 2.39. The van der Waals surface area contributed by atoms with E-state index in [1.807, 2.05) is 11.9 Å². The van der Waals surface area contributed by atoms with E-state index >= 15 is 0 Å². The molecule has 1 saturated heterocycles. The molecule has 1 amide bonds. The molecule has 0 radical (unpaired) electrons. The summed E-state index contributed by atoms with van der Waals surface area (Å²) in [7, 11) is 2.02. The maximum Gasteiger partial charge on any atom is 0.417 e. The van der Waals surface area contributed by atoms with Crippen LogP contribution in [0.5, 0.6) is 5.88 Å². The Morgan fingerprint density at radius 2 is 1.89 bits per heavy atom.